The highest BCUT2D eigenvalue weighted by molar-refractivity contribution is 5.76. The molecular formula is C15H18N4O. The lowest BCUT2D eigenvalue weighted by molar-refractivity contribution is -0.130. The van der Waals surface area contributed by atoms with Crippen LogP contribution in [0.4, 0.5) is 0 Å². The second kappa shape index (κ2) is 5.86. The SMILES string of the molecule is O=C(CCc1ccccc1)N1CCC(n2nccn2)C1. The van der Waals surface area contributed by atoms with Gasteiger partial charge in [0.05, 0.1) is 18.4 Å². The summed E-state index contributed by atoms with van der Waals surface area (Å²) in [7, 11) is 0. The minimum absolute atomic E-state index is 0.225. The van der Waals surface area contributed by atoms with Crippen molar-refractivity contribution in [1.82, 2.24) is 19.9 Å². The van der Waals surface area contributed by atoms with Gasteiger partial charge in [-0.25, -0.2) is 0 Å². The summed E-state index contributed by atoms with van der Waals surface area (Å²) in [4.78, 5) is 15.8. The van der Waals surface area contributed by atoms with E-state index in [1.54, 1.807) is 17.2 Å². The molecule has 0 spiro atoms. The number of carbonyl (C=O) groups is 1. The zero-order valence-electron chi connectivity index (χ0n) is 11.4. The summed E-state index contributed by atoms with van der Waals surface area (Å²) in [6, 6.07) is 10.4. The van der Waals surface area contributed by atoms with E-state index in [0.717, 1.165) is 25.9 Å². The van der Waals surface area contributed by atoms with Crippen molar-refractivity contribution in [2.45, 2.75) is 25.3 Å². The Bertz CT molecular complexity index is 553. The smallest absolute Gasteiger partial charge is 0.222 e. The van der Waals surface area contributed by atoms with Gasteiger partial charge in [0.2, 0.25) is 5.91 Å². The third kappa shape index (κ3) is 2.87. The normalized spacial score (nSPS) is 18.4. The highest BCUT2D eigenvalue weighted by Crippen LogP contribution is 2.20. The quantitative estimate of drug-likeness (QED) is 0.849. The number of hydrogen-bond acceptors (Lipinski definition) is 3. The van der Waals surface area contributed by atoms with E-state index in [9.17, 15) is 4.79 Å². The summed E-state index contributed by atoms with van der Waals surface area (Å²) in [6.07, 6.45) is 5.68. The van der Waals surface area contributed by atoms with Gasteiger partial charge in [0.1, 0.15) is 0 Å². The van der Waals surface area contributed by atoms with Crippen LogP contribution in [0.15, 0.2) is 42.7 Å². The van der Waals surface area contributed by atoms with Gasteiger partial charge in [0.15, 0.2) is 0 Å². The first kappa shape index (κ1) is 12.8. The highest BCUT2D eigenvalue weighted by atomic mass is 16.2. The molecule has 1 atom stereocenters. The topological polar surface area (TPSA) is 51.0 Å². The van der Waals surface area contributed by atoms with Crippen LogP contribution in [-0.4, -0.2) is 38.9 Å². The van der Waals surface area contributed by atoms with Gasteiger partial charge in [0, 0.05) is 19.5 Å². The van der Waals surface area contributed by atoms with Crippen LogP contribution < -0.4 is 0 Å². The number of amides is 1. The maximum Gasteiger partial charge on any atom is 0.222 e. The molecule has 1 unspecified atom stereocenters. The Morgan fingerprint density at radius 3 is 2.70 bits per heavy atom. The number of aromatic nitrogens is 3. The molecule has 1 aromatic carbocycles. The molecule has 0 aliphatic carbocycles. The van der Waals surface area contributed by atoms with Crippen LogP contribution in [0.2, 0.25) is 0 Å². The summed E-state index contributed by atoms with van der Waals surface area (Å²) in [5.74, 6) is 0.225. The predicted octanol–water partition coefficient (Wildman–Crippen LogP) is 1.68. The summed E-state index contributed by atoms with van der Waals surface area (Å²) in [5, 5.41) is 8.31. The van der Waals surface area contributed by atoms with Gasteiger partial charge in [-0.15, -0.1) is 0 Å². The molecule has 1 saturated heterocycles. The van der Waals surface area contributed by atoms with Gasteiger partial charge < -0.3 is 4.90 Å². The van der Waals surface area contributed by atoms with Crippen molar-refractivity contribution in [2.75, 3.05) is 13.1 Å². The predicted molar refractivity (Wildman–Crippen MR) is 75.0 cm³/mol. The standard InChI is InChI=1S/C15H18N4O/c20-15(7-6-13-4-2-1-3-5-13)18-11-8-14(12-18)19-16-9-10-17-19/h1-5,9-10,14H,6-8,11-12H2. The molecule has 0 bridgehead atoms. The summed E-state index contributed by atoms with van der Waals surface area (Å²) >= 11 is 0. The second-order valence-corrected chi connectivity index (χ2v) is 5.12. The van der Waals surface area contributed by atoms with Gasteiger partial charge in [-0.05, 0) is 18.4 Å². The zero-order chi connectivity index (χ0) is 13.8. The Morgan fingerprint density at radius 1 is 1.20 bits per heavy atom. The molecule has 5 heteroatoms. The van der Waals surface area contributed by atoms with Gasteiger partial charge in [0.25, 0.3) is 0 Å². The fourth-order valence-electron chi connectivity index (χ4n) is 2.63. The van der Waals surface area contributed by atoms with Gasteiger partial charge in [-0.1, -0.05) is 30.3 Å². The summed E-state index contributed by atoms with van der Waals surface area (Å²) in [5.41, 5.74) is 1.21. The van der Waals surface area contributed by atoms with E-state index in [1.165, 1.54) is 5.56 Å². The molecule has 104 valence electrons. The number of hydrogen-bond donors (Lipinski definition) is 0. The number of benzene rings is 1. The average molecular weight is 270 g/mol. The van der Waals surface area contributed by atoms with Crippen LogP contribution in [0.3, 0.4) is 0 Å². The van der Waals surface area contributed by atoms with Crippen molar-refractivity contribution in [2.24, 2.45) is 0 Å². The molecule has 0 radical (unpaired) electrons. The monoisotopic (exact) mass is 270 g/mol. The lowest BCUT2D eigenvalue weighted by Gasteiger charge is -2.16. The molecule has 3 rings (SSSR count). The lowest BCUT2D eigenvalue weighted by atomic mass is 10.1. The van der Waals surface area contributed by atoms with Crippen molar-refractivity contribution in [1.29, 1.82) is 0 Å². The van der Waals surface area contributed by atoms with Crippen molar-refractivity contribution < 1.29 is 4.79 Å². The molecular weight excluding hydrogens is 252 g/mol. The number of likely N-dealkylation sites (tertiary alicyclic amines) is 1. The molecule has 1 aliphatic heterocycles. The Hall–Kier alpha value is -2.17. The molecule has 1 aromatic heterocycles. The number of carbonyl (C=O) groups excluding carboxylic acids is 1. The fraction of sp³-hybridized carbons (Fsp3) is 0.400. The lowest BCUT2D eigenvalue weighted by Crippen LogP contribution is -2.29. The first-order valence-corrected chi connectivity index (χ1v) is 7.00. The molecule has 2 aromatic rings. The molecule has 1 amide bonds. The number of aryl methyl sites for hydroxylation is 1. The van der Waals surface area contributed by atoms with E-state index in [4.69, 9.17) is 0 Å². The minimum atomic E-state index is 0.225. The molecule has 0 N–H and O–H groups in total. The maximum atomic E-state index is 12.2. The van der Waals surface area contributed by atoms with Crippen LogP contribution >= 0.6 is 0 Å². The van der Waals surface area contributed by atoms with E-state index in [-0.39, 0.29) is 11.9 Å². The van der Waals surface area contributed by atoms with Crippen molar-refractivity contribution in [3.63, 3.8) is 0 Å². The van der Waals surface area contributed by atoms with Crippen molar-refractivity contribution in [3.05, 3.63) is 48.3 Å². The van der Waals surface area contributed by atoms with E-state index in [1.807, 2.05) is 23.1 Å². The Balaban J connectivity index is 1.51. The third-order valence-corrected chi connectivity index (χ3v) is 3.75. The zero-order valence-corrected chi connectivity index (χ0v) is 11.4. The van der Waals surface area contributed by atoms with Crippen LogP contribution in [-0.2, 0) is 11.2 Å². The average Bonchev–Trinajstić information content (AvgIpc) is 3.16. The molecule has 1 fully saturated rings. The molecule has 1 aliphatic rings. The highest BCUT2D eigenvalue weighted by Gasteiger charge is 2.27. The van der Waals surface area contributed by atoms with E-state index in [2.05, 4.69) is 22.3 Å². The number of nitrogens with zero attached hydrogens (tertiary/aromatic N) is 4. The third-order valence-electron chi connectivity index (χ3n) is 3.75. The van der Waals surface area contributed by atoms with Crippen LogP contribution in [0.25, 0.3) is 0 Å². The van der Waals surface area contributed by atoms with Gasteiger partial charge in [-0.2, -0.15) is 15.0 Å². The van der Waals surface area contributed by atoms with Crippen molar-refractivity contribution >= 4 is 5.91 Å². The molecule has 0 saturated carbocycles. The van der Waals surface area contributed by atoms with Gasteiger partial charge in [-0.3, -0.25) is 4.79 Å². The fourth-order valence-corrected chi connectivity index (χ4v) is 2.63. The van der Waals surface area contributed by atoms with Crippen LogP contribution in [0.5, 0.6) is 0 Å². The first-order chi connectivity index (χ1) is 9.83. The molecule has 2 heterocycles. The number of rotatable bonds is 4. The largest absolute Gasteiger partial charge is 0.340 e. The molecule has 20 heavy (non-hydrogen) atoms. The minimum Gasteiger partial charge on any atom is -0.340 e. The summed E-state index contributed by atoms with van der Waals surface area (Å²) < 4.78 is 0. The van der Waals surface area contributed by atoms with Crippen LogP contribution in [0, 0.1) is 0 Å². The maximum absolute atomic E-state index is 12.2. The first-order valence-electron chi connectivity index (χ1n) is 7.00. The van der Waals surface area contributed by atoms with E-state index in [0.29, 0.717) is 6.42 Å². The molecule has 5 nitrogen and oxygen atoms in total. The van der Waals surface area contributed by atoms with Crippen LogP contribution in [0.1, 0.15) is 24.4 Å². The second-order valence-electron chi connectivity index (χ2n) is 5.12. The van der Waals surface area contributed by atoms with E-state index < -0.39 is 0 Å². The Morgan fingerprint density at radius 2 is 1.95 bits per heavy atom. The van der Waals surface area contributed by atoms with Crippen molar-refractivity contribution in [3.8, 4) is 0 Å². The van der Waals surface area contributed by atoms with E-state index >= 15 is 0 Å². The van der Waals surface area contributed by atoms with Gasteiger partial charge >= 0.3 is 0 Å². The Labute approximate surface area is 118 Å². The Kier molecular flexibility index (Phi) is 3.76. The summed E-state index contributed by atoms with van der Waals surface area (Å²) in [6.45, 7) is 1.53.